The molecule has 1 rings (SSSR count). The van der Waals surface area contributed by atoms with Crippen molar-refractivity contribution in [3.05, 3.63) is 20.8 Å². The van der Waals surface area contributed by atoms with Gasteiger partial charge in [-0.05, 0) is 32.6 Å². The van der Waals surface area contributed by atoms with Crippen LogP contribution in [0.25, 0.3) is 0 Å². The summed E-state index contributed by atoms with van der Waals surface area (Å²) in [5, 5.41) is 4.21. The molecule has 1 heterocycles. The molecule has 13 heavy (non-hydrogen) atoms. The molecule has 2 nitrogen and oxygen atoms in total. The summed E-state index contributed by atoms with van der Waals surface area (Å²) in [6.45, 7) is 2.15. The van der Waals surface area contributed by atoms with E-state index in [0.717, 1.165) is 16.0 Å². The fourth-order valence-electron chi connectivity index (χ4n) is 1.00. The molecule has 0 aliphatic heterocycles. The zero-order valence-corrected chi connectivity index (χ0v) is 10.6. The number of halogens is 1. The van der Waals surface area contributed by atoms with Gasteiger partial charge in [0, 0.05) is 15.6 Å². The number of nitrogens with one attached hydrogen (secondary N) is 1. The molecular weight excluding hydrogens is 268 g/mol. The predicted octanol–water partition coefficient (Wildman–Crippen LogP) is 2.77. The predicted molar refractivity (Wildman–Crippen MR) is 65.1 cm³/mol. The van der Waals surface area contributed by atoms with Crippen LogP contribution in [-0.4, -0.2) is 11.5 Å². The van der Waals surface area contributed by atoms with Gasteiger partial charge in [0.05, 0.1) is 6.04 Å². The van der Waals surface area contributed by atoms with Gasteiger partial charge in [0.2, 0.25) is 0 Å². The number of hydrazine groups is 1. The number of rotatable bonds is 5. The van der Waals surface area contributed by atoms with Crippen molar-refractivity contribution >= 4 is 39.0 Å². The van der Waals surface area contributed by atoms with Gasteiger partial charge in [-0.3, -0.25) is 11.3 Å². The van der Waals surface area contributed by atoms with Crippen LogP contribution in [0.15, 0.2) is 15.2 Å². The minimum Gasteiger partial charge on any atom is -0.271 e. The Kier molecular flexibility index (Phi) is 5.35. The Hall–Kier alpha value is 0.450. The smallest absolute Gasteiger partial charge is 0.0569 e. The van der Waals surface area contributed by atoms with Crippen molar-refractivity contribution in [3.63, 3.8) is 0 Å². The molecule has 0 amide bonds. The molecule has 0 saturated heterocycles. The fourth-order valence-corrected chi connectivity index (χ4v) is 3.38. The molecule has 1 atom stereocenters. The molecule has 0 spiro atoms. The highest BCUT2D eigenvalue weighted by Crippen LogP contribution is 2.28. The molecule has 0 aliphatic rings. The number of nitrogens with two attached hydrogens (primary N) is 1. The van der Waals surface area contributed by atoms with E-state index in [1.165, 1.54) is 5.56 Å². The fraction of sp³-hybridized carbons (Fsp3) is 0.500. The van der Waals surface area contributed by atoms with E-state index in [9.17, 15) is 0 Å². The average Bonchev–Trinajstić information content (AvgIpc) is 2.54. The third-order valence-electron chi connectivity index (χ3n) is 1.71. The van der Waals surface area contributed by atoms with Gasteiger partial charge in [-0.15, -0.1) is 0 Å². The van der Waals surface area contributed by atoms with Crippen LogP contribution < -0.4 is 11.3 Å². The lowest BCUT2D eigenvalue weighted by Crippen LogP contribution is -2.29. The van der Waals surface area contributed by atoms with Gasteiger partial charge in [-0.1, -0.05) is 6.92 Å². The summed E-state index contributed by atoms with van der Waals surface area (Å²) < 4.78 is 1.15. The SMILES string of the molecule is CCSCC(NN)c1cscc1Br. The van der Waals surface area contributed by atoms with Crippen LogP contribution in [-0.2, 0) is 0 Å². The Bertz CT molecular complexity index is 252. The van der Waals surface area contributed by atoms with Crippen LogP contribution in [0.4, 0.5) is 0 Å². The molecule has 5 heteroatoms. The maximum atomic E-state index is 5.49. The molecule has 74 valence electrons. The summed E-state index contributed by atoms with van der Waals surface area (Å²) in [6.07, 6.45) is 0. The van der Waals surface area contributed by atoms with E-state index in [1.54, 1.807) is 11.3 Å². The van der Waals surface area contributed by atoms with Crippen LogP contribution >= 0.6 is 39.0 Å². The van der Waals surface area contributed by atoms with E-state index >= 15 is 0 Å². The highest BCUT2D eigenvalue weighted by atomic mass is 79.9. The zero-order chi connectivity index (χ0) is 9.68. The topological polar surface area (TPSA) is 38.0 Å². The van der Waals surface area contributed by atoms with E-state index in [0.29, 0.717) is 0 Å². The lowest BCUT2D eigenvalue weighted by atomic mass is 10.2. The van der Waals surface area contributed by atoms with Crippen LogP contribution in [0.1, 0.15) is 18.5 Å². The standard InChI is InChI=1S/C8H13BrN2S2/c1-2-12-5-8(11-10)6-3-13-4-7(6)9/h3-4,8,11H,2,5,10H2,1H3. The Morgan fingerprint density at radius 3 is 2.92 bits per heavy atom. The molecule has 0 aromatic carbocycles. The zero-order valence-electron chi connectivity index (χ0n) is 7.42. The summed E-state index contributed by atoms with van der Waals surface area (Å²) in [6, 6.07) is 0.255. The van der Waals surface area contributed by atoms with E-state index in [-0.39, 0.29) is 6.04 Å². The first-order valence-electron chi connectivity index (χ1n) is 4.05. The van der Waals surface area contributed by atoms with Crippen molar-refractivity contribution in [3.8, 4) is 0 Å². The van der Waals surface area contributed by atoms with Crippen molar-refractivity contribution in [2.75, 3.05) is 11.5 Å². The minimum atomic E-state index is 0.255. The van der Waals surface area contributed by atoms with Crippen LogP contribution in [0.5, 0.6) is 0 Å². The first-order chi connectivity index (χ1) is 6.29. The summed E-state index contributed by atoms with van der Waals surface area (Å²) in [5.74, 6) is 7.64. The third-order valence-corrected chi connectivity index (χ3v) is 4.44. The van der Waals surface area contributed by atoms with Gasteiger partial charge in [0.15, 0.2) is 0 Å². The Morgan fingerprint density at radius 2 is 2.46 bits per heavy atom. The van der Waals surface area contributed by atoms with Crippen LogP contribution in [0.3, 0.4) is 0 Å². The Balaban J connectivity index is 2.61. The maximum absolute atomic E-state index is 5.49. The van der Waals surface area contributed by atoms with E-state index in [4.69, 9.17) is 5.84 Å². The molecule has 1 aromatic heterocycles. The quantitative estimate of drug-likeness (QED) is 0.644. The summed E-state index contributed by atoms with van der Waals surface area (Å²) in [5.41, 5.74) is 4.09. The minimum absolute atomic E-state index is 0.255. The second-order valence-electron chi connectivity index (χ2n) is 2.55. The number of thioether (sulfide) groups is 1. The summed E-state index contributed by atoms with van der Waals surface area (Å²) >= 11 is 7.09. The van der Waals surface area contributed by atoms with Crippen molar-refractivity contribution in [1.82, 2.24) is 5.43 Å². The summed E-state index contributed by atoms with van der Waals surface area (Å²) in [7, 11) is 0. The largest absolute Gasteiger partial charge is 0.271 e. The second-order valence-corrected chi connectivity index (χ2v) is 5.47. The van der Waals surface area contributed by atoms with Gasteiger partial charge in [0.1, 0.15) is 0 Å². The third kappa shape index (κ3) is 3.25. The Labute approximate surface area is 95.4 Å². The molecular formula is C8H13BrN2S2. The number of thiophene rings is 1. The van der Waals surface area contributed by atoms with Gasteiger partial charge in [0.25, 0.3) is 0 Å². The second kappa shape index (κ2) is 6.03. The lowest BCUT2D eigenvalue weighted by molar-refractivity contribution is 0.610. The molecule has 0 radical (unpaired) electrons. The number of hydrogen-bond donors (Lipinski definition) is 2. The first-order valence-corrected chi connectivity index (χ1v) is 6.94. The number of hydrogen-bond acceptors (Lipinski definition) is 4. The first kappa shape index (κ1) is 11.5. The normalized spacial score (nSPS) is 13.2. The highest BCUT2D eigenvalue weighted by Gasteiger charge is 2.12. The van der Waals surface area contributed by atoms with Gasteiger partial charge < -0.3 is 0 Å². The van der Waals surface area contributed by atoms with Crippen molar-refractivity contribution in [2.24, 2.45) is 5.84 Å². The van der Waals surface area contributed by atoms with Gasteiger partial charge in [-0.2, -0.15) is 23.1 Å². The molecule has 0 saturated carbocycles. The monoisotopic (exact) mass is 280 g/mol. The van der Waals surface area contributed by atoms with Gasteiger partial charge >= 0.3 is 0 Å². The van der Waals surface area contributed by atoms with Crippen molar-refractivity contribution in [1.29, 1.82) is 0 Å². The van der Waals surface area contributed by atoms with Crippen LogP contribution in [0.2, 0.25) is 0 Å². The molecule has 0 aliphatic carbocycles. The molecule has 3 N–H and O–H groups in total. The highest BCUT2D eigenvalue weighted by molar-refractivity contribution is 9.10. The molecule has 1 unspecified atom stereocenters. The molecule has 1 aromatic rings. The molecule has 0 bridgehead atoms. The molecule has 0 fully saturated rings. The average molecular weight is 281 g/mol. The van der Waals surface area contributed by atoms with Crippen LogP contribution in [0, 0.1) is 0 Å². The van der Waals surface area contributed by atoms with Crippen molar-refractivity contribution < 1.29 is 0 Å². The Morgan fingerprint density at radius 1 is 1.69 bits per heavy atom. The van der Waals surface area contributed by atoms with E-state index < -0.39 is 0 Å². The maximum Gasteiger partial charge on any atom is 0.0569 e. The summed E-state index contributed by atoms with van der Waals surface area (Å²) in [4.78, 5) is 0. The van der Waals surface area contributed by atoms with Crippen molar-refractivity contribution in [2.45, 2.75) is 13.0 Å². The van der Waals surface area contributed by atoms with Gasteiger partial charge in [-0.25, -0.2) is 0 Å². The van der Waals surface area contributed by atoms with E-state index in [2.05, 4.69) is 39.0 Å². The lowest BCUT2D eigenvalue weighted by Gasteiger charge is -2.14. The van der Waals surface area contributed by atoms with E-state index in [1.807, 2.05) is 11.8 Å².